The number of nitro groups is 1. The molecule has 11 nitrogen and oxygen atoms in total. The molecule has 1 aromatic carbocycles. The Kier molecular flexibility index (Phi) is 7.63. The Bertz CT molecular complexity index is 609. The number of carboxylic acid groups (broad SMARTS) is 1. The minimum absolute atomic E-state index is 0.0154. The first-order valence-corrected chi connectivity index (χ1v) is 7.27. The number of nitrogens with zero attached hydrogens (tertiary/aromatic N) is 2. The highest BCUT2D eigenvalue weighted by Gasteiger charge is 2.23. The number of guanidine groups is 1. The summed E-state index contributed by atoms with van der Waals surface area (Å²) in [6.45, 7) is -0.273. The smallest absolute Gasteiger partial charge is 0.408 e. The minimum Gasteiger partial charge on any atom is -0.480 e. The fraction of sp³-hybridized carbons (Fsp3) is 0.357. The van der Waals surface area contributed by atoms with Crippen LogP contribution in [-0.2, 0) is 16.1 Å². The van der Waals surface area contributed by atoms with E-state index in [1.54, 1.807) is 30.3 Å². The number of carbonyl (C=O) groups excluding carboxylic acids is 1. The third-order valence-corrected chi connectivity index (χ3v) is 3.14. The fourth-order valence-electron chi connectivity index (χ4n) is 1.90. The lowest BCUT2D eigenvalue weighted by Gasteiger charge is -2.16. The molecule has 0 fully saturated rings. The van der Waals surface area contributed by atoms with Gasteiger partial charge in [-0.3, -0.25) is 5.41 Å². The fourth-order valence-corrected chi connectivity index (χ4v) is 1.90. The summed E-state index contributed by atoms with van der Waals surface area (Å²) in [6, 6.07) is 7.56. The van der Waals surface area contributed by atoms with E-state index in [4.69, 9.17) is 21.0 Å². The van der Waals surface area contributed by atoms with Gasteiger partial charge in [-0.2, -0.15) is 0 Å². The summed E-state index contributed by atoms with van der Waals surface area (Å²) in [4.78, 5) is 33.5. The van der Waals surface area contributed by atoms with Crippen LogP contribution in [0.1, 0.15) is 18.4 Å². The average Bonchev–Trinajstić information content (AvgIpc) is 2.55. The maximum absolute atomic E-state index is 11.7. The van der Waals surface area contributed by atoms with Crippen LogP contribution in [0.15, 0.2) is 30.3 Å². The molecule has 0 unspecified atom stereocenters. The van der Waals surface area contributed by atoms with Crippen molar-refractivity contribution >= 4 is 18.0 Å². The number of carbonyl (C=O) groups is 2. The molecule has 0 saturated carbocycles. The van der Waals surface area contributed by atoms with Crippen LogP contribution in [0.2, 0.25) is 0 Å². The van der Waals surface area contributed by atoms with Gasteiger partial charge < -0.3 is 20.9 Å². The van der Waals surface area contributed by atoms with Gasteiger partial charge in [0, 0.05) is 0 Å². The Hall–Kier alpha value is -3.37. The molecule has 1 amide bonds. The van der Waals surface area contributed by atoms with Gasteiger partial charge >= 0.3 is 12.1 Å². The molecule has 0 heterocycles. The highest BCUT2D eigenvalue weighted by atomic mass is 16.7. The highest BCUT2D eigenvalue weighted by Crippen LogP contribution is 2.04. The molecule has 1 rings (SSSR count). The Balaban J connectivity index is 2.45. The van der Waals surface area contributed by atoms with E-state index in [0.29, 0.717) is 5.01 Å². The molecule has 1 atom stereocenters. The quantitative estimate of drug-likeness (QED) is 0.215. The van der Waals surface area contributed by atoms with Crippen LogP contribution in [0.5, 0.6) is 0 Å². The van der Waals surface area contributed by atoms with Gasteiger partial charge in [0.25, 0.3) is 5.96 Å². The Morgan fingerprint density at radius 2 is 2.04 bits per heavy atom. The van der Waals surface area contributed by atoms with Crippen molar-refractivity contribution < 1.29 is 24.5 Å². The second-order valence-corrected chi connectivity index (χ2v) is 4.99. The second kappa shape index (κ2) is 9.70. The van der Waals surface area contributed by atoms with Crippen molar-refractivity contribution in [1.29, 1.82) is 5.41 Å². The highest BCUT2D eigenvalue weighted by molar-refractivity contribution is 5.79. The maximum Gasteiger partial charge on any atom is 0.408 e. The van der Waals surface area contributed by atoms with E-state index in [1.807, 2.05) is 0 Å². The molecule has 0 aliphatic heterocycles. The number of ether oxygens (including phenoxy) is 1. The molecule has 11 heteroatoms. The average molecular weight is 353 g/mol. The molecule has 0 aliphatic rings. The molecule has 0 bridgehead atoms. The van der Waals surface area contributed by atoms with Crippen LogP contribution in [0, 0.1) is 15.5 Å². The maximum atomic E-state index is 11.7. The zero-order chi connectivity index (χ0) is 18.8. The van der Waals surface area contributed by atoms with Crippen LogP contribution in [0.4, 0.5) is 4.79 Å². The lowest BCUT2D eigenvalue weighted by Crippen LogP contribution is -2.44. The van der Waals surface area contributed by atoms with Crippen LogP contribution < -0.4 is 11.1 Å². The molecular formula is C14H19N5O6. The van der Waals surface area contributed by atoms with Crippen molar-refractivity contribution in [3.05, 3.63) is 46.0 Å². The van der Waals surface area contributed by atoms with Gasteiger partial charge in [-0.15, -0.1) is 0 Å². The number of aliphatic carboxylic acids is 1. The van der Waals surface area contributed by atoms with Crippen LogP contribution in [-0.4, -0.2) is 45.8 Å². The van der Waals surface area contributed by atoms with E-state index < -0.39 is 29.1 Å². The van der Waals surface area contributed by atoms with Gasteiger partial charge in [-0.05, 0) is 18.4 Å². The third kappa shape index (κ3) is 7.16. The molecule has 1 aromatic rings. The van der Waals surface area contributed by atoms with Crippen molar-refractivity contribution in [2.24, 2.45) is 5.73 Å². The van der Waals surface area contributed by atoms with E-state index >= 15 is 0 Å². The number of nitrogens with one attached hydrogen (secondary N) is 2. The second-order valence-electron chi connectivity index (χ2n) is 4.99. The summed E-state index contributed by atoms with van der Waals surface area (Å²) in [7, 11) is 0. The van der Waals surface area contributed by atoms with Crippen molar-refractivity contribution in [2.45, 2.75) is 25.5 Å². The zero-order valence-electron chi connectivity index (χ0n) is 13.3. The zero-order valence-corrected chi connectivity index (χ0v) is 13.3. The Morgan fingerprint density at radius 3 is 2.56 bits per heavy atom. The van der Waals surface area contributed by atoms with Crippen molar-refractivity contribution in [3.8, 4) is 0 Å². The molecule has 0 radical (unpaired) electrons. The first-order valence-electron chi connectivity index (χ1n) is 7.27. The molecule has 136 valence electrons. The number of hydrazine groups is 1. The monoisotopic (exact) mass is 353 g/mol. The van der Waals surface area contributed by atoms with Crippen LogP contribution in [0.3, 0.4) is 0 Å². The van der Waals surface area contributed by atoms with Crippen molar-refractivity contribution in [2.75, 3.05) is 6.54 Å². The van der Waals surface area contributed by atoms with Gasteiger partial charge in [0.05, 0.1) is 6.54 Å². The summed E-state index contributed by atoms with van der Waals surface area (Å²) in [6.07, 6.45) is -0.974. The number of nitrogens with two attached hydrogens (primary N) is 1. The van der Waals surface area contributed by atoms with Gasteiger partial charge in [-0.25, -0.2) is 19.7 Å². The SMILES string of the molecule is N=C(N)N(CCC[C@H](NC(=O)OCc1ccccc1)C(=O)O)[N+](=O)[O-]. The molecule has 0 aliphatic carbocycles. The molecule has 5 N–H and O–H groups in total. The molecule has 0 saturated heterocycles. The summed E-state index contributed by atoms with van der Waals surface area (Å²) in [5.74, 6) is -2.06. The minimum atomic E-state index is -1.30. The van der Waals surface area contributed by atoms with Gasteiger partial charge in [0.1, 0.15) is 12.6 Å². The number of amides is 1. The van der Waals surface area contributed by atoms with E-state index in [-0.39, 0.29) is 26.0 Å². The Labute approximate surface area is 143 Å². The molecular weight excluding hydrogens is 334 g/mol. The van der Waals surface area contributed by atoms with Crippen LogP contribution in [0.25, 0.3) is 0 Å². The predicted octanol–water partition coefficient (Wildman–Crippen LogP) is 0.533. The predicted molar refractivity (Wildman–Crippen MR) is 86.0 cm³/mol. The normalized spacial score (nSPS) is 11.2. The molecule has 25 heavy (non-hydrogen) atoms. The number of alkyl carbamates (subject to hydrolysis) is 1. The van der Waals surface area contributed by atoms with Crippen molar-refractivity contribution in [3.63, 3.8) is 0 Å². The van der Waals surface area contributed by atoms with Crippen molar-refractivity contribution in [1.82, 2.24) is 10.3 Å². The number of carboxylic acids is 1. The number of hydrogen-bond acceptors (Lipinski definition) is 6. The number of benzene rings is 1. The summed E-state index contributed by atoms with van der Waals surface area (Å²) < 4.78 is 4.93. The first-order chi connectivity index (χ1) is 11.8. The first kappa shape index (κ1) is 19.7. The standard InChI is InChI=1S/C14H19N5O6/c15-13(16)18(19(23)24)8-4-7-11(12(20)21)17-14(22)25-9-10-5-2-1-3-6-10/h1-3,5-6,11H,4,7-9H2,(H3,15,16)(H,17,22)(H,20,21)/t11-/m0/s1. The van der Waals surface area contributed by atoms with E-state index in [2.05, 4.69) is 5.32 Å². The van der Waals surface area contributed by atoms with E-state index in [1.165, 1.54) is 0 Å². The summed E-state index contributed by atoms with van der Waals surface area (Å²) in [5.41, 5.74) is 5.79. The summed E-state index contributed by atoms with van der Waals surface area (Å²) in [5, 5.41) is 28.5. The van der Waals surface area contributed by atoms with E-state index in [0.717, 1.165) is 5.56 Å². The summed E-state index contributed by atoms with van der Waals surface area (Å²) >= 11 is 0. The van der Waals surface area contributed by atoms with Crippen LogP contribution >= 0.6 is 0 Å². The third-order valence-electron chi connectivity index (χ3n) is 3.14. The van der Waals surface area contributed by atoms with Gasteiger partial charge in [-0.1, -0.05) is 35.3 Å². The lowest BCUT2D eigenvalue weighted by molar-refractivity contribution is -0.629. The van der Waals surface area contributed by atoms with E-state index in [9.17, 15) is 19.7 Å². The number of rotatable bonds is 9. The lowest BCUT2D eigenvalue weighted by atomic mass is 10.1. The topological polar surface area (TPSA) is 172 Å². The van der Waals surface area contributed by atoms with Gasteiger partial charge in [0.15, 0.2) is 5.03 Å². The molecule has 0 aromatic heterocycles. The number of hydrogen-bond donors (Lipinski definition) is 4. The Morgan fingerprint density at radius 1 is 1.40 bits per heavy atom. The molecule has 0 spiro atoms. The largest absolute Gasteiger partial charge is 0.480 e. The van der Waals surface area contributed by atoms with Gasteiger partial charge in [0.2, 0.25) is 0 Å².